The summed E-state index contributed by atoms with van der Waals surface area (Å²) in [4.78, 5) is 36.0. The number of nitrogens with zero attached hydrogens (tertiary/aromatic N) is 6. The van der Waals surface area contributed by atoms with Crippen molar-refractivity contribution in [2.75, 3.05) is 29.6 Å². The molecule has 3 aromatic rings. The second-order valence-corrected chi connectivity index (χ2v) is 10.3. The molecule has 3 aromatic heterocycles. The first kappa shape index (κ1) is 24.5. The normalized spacial score (nSPS) is 14.5. The molecule has 0 bridgehead atoms. The number of amides is 1. The summed E-state index contributed by atoms with van der Waals surface area (Å²) in [5.74, 6) is 0.592. The van der Waals surface area contributed by atoms with Gasteiger partial charge < -0.3 is 15.0 Å². The fourth-order valence-electron chi connectivity index (χ4n) is 3.60. The van der Waals surface area contributed by atoms with Crippen LogP contribution in [0, 0.1) is 6.92 Å². The SMILES string of the molecule is CCc1cnc(N2CCC(Oc3cnc(C(=O)Nc4ccc(S(C)(=O)=O)nc4C)cn3)CC2)nc1. The third-order valence-electron chi connectivity index (χ3n) is 5.66. The summed E-state index contributed by atoms with van der Waals surface area (Å²) in [6, 6.07) is 2.84. The van der Waals surface area contributed by atoms with Gasteiger partial charge in [-0.1, -0.05) is 6.92 Å². The highest BCUT2D eigenvalue weighted by atomic mass is 32.2. The zero-order valence-corrected chi connectivity index (χ0v) is 20.6. The van der Waals surface area contributed by atoms with E-state index in [0.717, 1.165) is 50.1 Å². The maximum atomic E-state index is 12.5. The molecule has 0 spiro atoms. The summed E-state index contributed by atoms with van der Waals surface area (Å²) >= 11 is 0. The summed E-state index contributed by atoms with van der Waals surface area (Å²) in [5.41, 5.74) is 1.99. The van der Waals surface area contributed by atoms with E-state index in [1.807, 2.05) is 12.4 Å². The number of aryl methyl sites for hydroxylation is 2. The van der Waals surface area contributed by atoms with Gasteiger partial charge in [-0.3, -0.25) is 4.79 Å². The number of hydrogen-bond donors (Lipinski definition) is 1. The molecule has 0 atom stereocenters. The number of ether oxygens (including phenoxy) is 1. The average molecular weight is 498 g/mol. The van der Waals surface area contributed by atoms with Gasteiger partial charge in [-0.15, -0.1) is 0 Å². The predicted molar refractivity (Wildman–Crippen MR) is 129 cm³/mol. The highest BCUT2D eigenvalue weighted by Gasteiger charge is 2.23. The first-order valence-electron chi connectivity index (χ1n) is 11.3. The largest absolute Gasteiger partial charge is 0.473 e. The van der Waals surface area contributed by atoms with Crippen LogP contribution in [0.15, 0.2) is 41.9 Å². The van der Waals surface area contributed by atoms with Crippen LogP contribution in [-0.2, 0) is 16.3 Å². The highest BCUT2D eigenvalue weighted by molar-refractivity contribution is 7.90. The molecule has 1 amide bonds. The van der Waals surface area contributed by atoms with Crippen LogP contribution in [0.5, 0.6) is 5.88 Å². The number of piperidine rings is 1. The van der Waals surface area contributed by atoms with E-state index < -0.39 is 15.7 Å². The zero-order valence-electron chi connectivity index (χ0n) is 19.8. The molecule has 1 aliphatic heterocycles. The average Bonchev–Trinajstić information content (AvgIpc) is 2.85. The van der Waals surface area contributed by atoms with E-state index in [-0.39, 0.29) is 16.8 Å². The Morgan fingerprint density at radius 1 is 1.09 bits per heavy atom. The zero-order chi connectivity index (χ0) is 25.0. The molecule has 1 saturated heterocycles. The Bertz CT molecular complexity index is 1290. The van der Waals surface area contributed by atoms with Gasteiger partial charge in [0.05, 0.1) is 23.8 Å². The van der Waals surface area contributed by atoms with Crippen LogP contribution >= 0.6 is 0 Å². The molecule has 0 unspecified atom stereocenters. The molecule has 0 radical (unpaired) electrons. The summed E-state index contributed by atoms with van der Waals surface area (Å²) in [6.07, 6.45) is 10.0. The van der Waals surface area contributed by atoms with Crippen molar-refractivity contribution in [1.82, 2.24) is 24.9 Å². The number of nitrogens with one attached hydrogen (secondary N) is 1. The van der Waals surface area contributed by atoms with E-state index in [2.05, 4.69) is 42.1 Å². The van der Waals surface area contributed by atoms with Gasteiger partial charge in [-0.25, -0.2) is 33.3 Å². The maximum Gasteiger partial charge on any atom is 0.275 e. The van der Waals surface area contributed by atoms with E-state index in [1.54, 1.807) is 6.92 Å². The lowest BCUT2D eigenvalue weighted by molar-refractivity contribution is 0.102. The van der Waals surface area contributed by atoms with Gasteiger partial charge in [0.2, 0.25) is 11.8 Å². The van der Waals surface area contributed by atoms with Gasteiger partial charge in [-0.05, 0) is 31.0 Å². The van der Waals surface area contributed by atoms with Crippen LogP contribution in [0.4, 0.5) is 11.6 Å². The van der Waals surface area contributed by atoms with E-state index in [4.69, 9.17) is 4.74 Å². The molecule has 35 heavy (non-hydrogen) atoms. The summed E-state index contributed by atoms with van der Waals surface area (Å²) in [6.45, 7) is 5.23. The molecule has 0 saturated carbocycles. The molecule has 0 aromatic carbocycles. The molecule has 1 N–H and O–H groups in total. The Labute approximate surface area is 203 Å². The Morgan fingerprint density at radius 2 is 1.80 bits per heavy atom. The van der Waals surface area contributed by atoms with Crippen LogP contribution in [0.1, 0.15) is 41.5 Å². The van der Waals surface area contributed by atoms with E-state index >= 15 is 0 Å². The Kier molecular flexibility index (Phi) is 7.20. The minimum atomic E-state index is -3.43. The summed E-state index contributed by atoms with van der Waals surface area (Å²) < 4.78 is 29.2. The van der Waals surface area contributed by atoms with Gasteiger partial charge in [-0.2, -0.15) is 0 Å². The summed E-state index contributed by atoms with van der Waals surface area (Å²) in [7, 11) is -3.43. The second-order valence-electron chi connectivity index (χ2n) is 8.30. The lowest BCUT2D eigenvalue weighted by Gasteiger charge is -2.31. The minimum absolute atomic E-state index is 0.0165. The Balaban J connectivity index is 1.31. The van der Waals surface area contributed by atoms with Crippen LogP contribution in [0.25, 0.3) is 0 Å². The molecular formula is C23H27N7O4S. The van der Waals surface area contributed by atoms with Gasteiger partial charge in [0.1, 0.15) is 11.8 Å². The van der Waals surface area contributed by atoms with Crippen LogP contribution < -0.4 is 15.0 Å². The van der Waals surface area contributed by atoms with Gasteiger partial charge in [0.25, 0.3) is 5.91 Å². The number of anilines is 2. The number of sulfone groups is 1. The second kappa shape index (κ2) is 10.3. The molecule has 4 heterocycles. The fraction of sp³-hybridized carbons (Fsp3) is 0.391. The van der Waals surface area contributed by atoms with Gasteiger partial charge in [0, 0.05) is 44.6 Å². The van der Waals surface area contributed by atoms with Crippen molar-refractivity contribution in [3.05, 3.63) is 53.9 Å². The number of aromatic nitrogens is 5. The van der Waals surface area contributed by atoms with Gasteiger partial charge in [0.15, 0.2) is 14.9 Å². The molecule has 184 valence electrons. The standard InChI is InChI=1S/C23H27N7O4S/c1-4-16-11-26-23(27-12-16)30-9-7-17(8-10-30)34-20-14-24-19(13-25-20)22(31)29-18-5-6-21(28-15(18)2)35(3,32)33/h5-6,11-14,17H,4,7-10H2,1-3H3,(H,29,31). The smallest absolute Gasteiger partial charge is 0.275 e. The third-order valence-corrected chi connectivity index (χ3v) is 6.65. The number of hydrogen-bond acceptors (Lipinski definition) is 10. The van der Waals surface area contributed by atoms with Crippen molar-refractivity contribution < 1.29 is 17.9 Å². The van der Waals surface area contributed by atoms with E-state index in [0.29, 0.717) is 17.3 Å². The highest BCUT2D eigenvalue weighted by Crippen LogP contribution is 2.20. The first-order valence-corrected chi connectivity index (χ1v) is 13.2. The predicted octanol–water partition coefficient (Wildman–Crippen LogP) is 2.24. The van der Waals surface area contributed by atoms with E-state index in [1.165, 1.54) is 24.5 Å². The fourth-order valence-corrected chi connectivity index (χ4v) is 4.21. The van der Waals surface area contributed by atoms with Crippen molar-refractivity contribution in [3.63, 3.8) is 0 Å². The maximum absolute atomic E-state index is 12.5. The molecule has 11 nitrogen and oxygen atoms in total. The molecule has 4 rings (SSSR count). The quantitative estimate of drug-likeness (QED) is 0.517. The number of carbonyl (C=O) groups excluding carboxylic acids is 1. The van der Waals surface area contributed by atoms with Crippen LogP contribution in [0.3, 0.4) is 0 Å². The number of rotatable bonds is 7. The topological polar surface area (TPSA) is 140 Å². The molecule has 1 aliphatic rings. The summed E-state index contributed by atoms with van der Waals surface area (Å²) in [5, 5.41) is 2.62. The minimum Gasteiger partial charge on any atom is -0.473 e. The first-order chi connectivity index (χ1) is 16.7. The Hall–Kier alpha value is -3.67. The van der Waals surface area contributed by atoms with Crippen molar-refractivity contribution >= 4 is 27.4 Å². The van der Waals surface area contributed by atoms with Crippen molar-refractivity contribution in [2.45, 2.75) is 44.2 Å². The van der Waals surface area contributed by atoms with Crippen molar-refractivity contribution in [3.8, 4) is 5.88 Å². The van der Waals surface area contributed by atoms with Crippen molar-refractivity contribution in [2.24, 2.45) is 0 Å². The van der Waals surface area contributed by atoms with Crippen LogP contribution in [-0.4, -0.2) is 64.7 Å². The van der Waals surface area contributed by atoms with E-state index in [9.17, 15) is 13.2 Å². The van der Waals surface area contributed by atoms with Crippen molar-refractivity contribution in [1.29, 1.82) is 0 Å². The molecule has 1 fully saturated rings. The number of pyridine rings is 1. The monoisotopic (exact) mass is 497 g/mol. The lowest BCUT2D eigenvalue weighted by atomic mass is 10.1. The molecule has 0 aliphatic carbocycles. The molecule has 12 heteroatoms. The van der Waals surface area contributed by atoms with Crippen LogP contribution in [0.2, 0.25) is 0 Å². The molecular weight excluding hydrogens is 470 g/mol. The van der Waals surface area contributed by atoms with Gasteiger partial charge >= 0.3 is 0 Å². The third kappa shape index (κ3) is 6.07. The Morgan fingerprint density at radius 3 is 2.37 bits per heavy atom. The number of carbonyl (C=O) groups is 1. The lowest BCUT2D eigenvalue weighted by Crippen LogP contribution is -2.39.